The lowest BCUT2D eigenvalue weighted by atomic mass is 9.92. The van der Waals surface area contributed by atoms with E-state index in [-0.39, 0.29) is 5.54 Å². The van der Waals surface area contributed by atoms with Crippen molar-refractivity contribution in [3.8, 4) is 6.07 Å². The van der Waals surface area contributed by atoms with E-state index < -0.39 is 0 Å². The molecule has 0 saturated carbocycles. The molecule has 0 aromatic carbocycles. The summed E-state index contributed by atoms with van der Waals surface area (Å²) in [5, 5.41) is 12.2. The second-order valence-corrected chi connectivity index (χ2v) is 4.32. The van der Waals surface area contributed by atoms with Crippen molar-refractivity contribution < 1.29 is 4.74 Å². The number of pyridine rings is 1. The summed E-state index contributed by atoms with van der Waals surface area (Å²) in [6.07, 6.45) is 1.93. The van der Waals surface area contributed by atoms with Gasteiger partial charge in [0.15, 0.2) is 0 Å². The maximum atomic E-state index is 8.77. The molecule has 1 aliphatic heterocycles. The minimum Gasteiger partial charge on any atom is -0.381 e. The molecule has 0 radical (unpaired) electrons. The smallest absolute Gasteiger partial charge is 0.142 e. The van der Waals surface area contributed by atoms with Crippen molar-refractivity contribution in [2.45, 2.75) is 25.3 Å². The minimum atomic E-state index is 0.0271. The van der Waals surface area contributed by atoms with Gasteiger partial charge in [-0.25, -0.2) is 4.98 Å². The molecule has 84 valence electrons. The maximum Gasteiger partial charge on any atom is 0.142 e. The van der Waals surface area contributed by atoms with Gasteiger partial charge in [-0.2, -0.15) is 5.26 Å². The van der Waals surface area contributed by atoms with E-state index in [1.54, 1.807) is 6.07 Å². The molecule has 4 heteroatoms. The van der Waals surface area contributed by atoms with E-state index in [0.29, 0.717) is 5.69 Å². The average Bonchev–Trinajstić information content (AvgIpc) is 2.29. The van der Waals surface area contributed by atoms with Crippen molar-refractivity contribution >= 4 is 5.82 Å². The average molecular weight is 217 g/mol. The largest absolute Gasteiger partial charge is 0.381 e. The van der Waals surface area contributed by atoms with Gasteiger partial charge in [0.2, 0.25) is 0 Å². The van der Waals surface area contributed by atoms with Crippen LogP contribution in [0.3, 0.4) is 0 Å². The van der Waals surface area contributed by atoms with Crippen molar-refractivity contribution in [2.75, 3.05) is 18.5 Å². The standard InChI is InChI=1S/C12H15N3O/c1-12(5-7-16-8-6-12)15-11-4-2-3-10(9-13)14-11/h2-4H,5-8H2,1H3,(H,14,15). The summed E-state index contributed by atoms with van der Waals surface area (Å²) < 4.78 is 5.33. The van der Waals surface area contributed by atoms with Gasteiger partial charge in [0.05, 0.1) is 0 Å². The third kappa shape index (κ3) is 2.50. The molecule has 1 N–H and O–H groups in total. The lowest BCUT2D eigenvalue weighted by Gasteiger charge is -2.34. The van der Waals surface area contributed by atoms with Gasteiger partial charge in [0.1, 0.15) is 17.6 Å². The van der Waals surface area contributed by atoms with Gasteiger partial charge in [0.25, 0.3) is 0 Å². The molecular formula is C12H15N3O. The summed E-state index contributed by atoms with van der Waals surface area (Å²) in [6, 6.07) is 7.48. The molecule has 0 aliphatic carbocycles. The number of nitrogens with one attached hydrogen (secondary N) is 1. The number of rotatable bonds is 2. The highest BCUT2D eigenvalue weighted by Crippen LogP contribution is 2.24. The quantitative estimate of drug-likeness (QED) is 0.822. The molecular weight excluding hydrogens is 202 g/mol. The number of nitriles is 1. The van der Waals surface area contributed by atoms with Crippen LogP contribution in [0.2, 0.25) is 0 Å². The highest BCUT2D eigenvalue weighted by atomic mass is 16.5. The lowest BCUT2D eigenvalue weighted by Crippen LogP contribution is -2.40. The van der Waals surface area contributed by atoms with E-state index in [1.165, 1.54) is 0 Å². The molecule has 4 nitrogen and oxygen atoms in total. The second kappa shape index (κ2) is 4.50. The first-order chi connectivity index (χ1) is 7.72. The Morgan fingerprint density at radius 2 is 2.19 bits per heavy atom. The predicted octanol–water partition coefficient (Wildman–Crippen LogP) is 1.93. The lowest BCUT2D eigenvalue weighted by molar-refractivity contribution is 0.0657. The second-order valence-electron chi connectivity index (χ2n) is 4.32. The zero-order chi connectivity index (χ0) is 11.4. The van der Waals surface area contributed by atoms with E-state index in [0.717, 1.165) is 31.9 Å². The summed E-state index contributed by atoms with van der Waals surface area (Å²) in [5.74, 6) is 0.767. The number of anilines is 1. The van der Waals surface area contributed by atoms with Crippen LogP contribution < -0.4 is 5.32 Å². The minimum absolute atomic E-state index is 0.0271. The van der Waals surface area contributed by atoms with E-state index in [2.05, 4.69) is 17.2 Å². The zero-order valence-electron chi connectivity index (χ0n) is 9.36. The van der Waals surface area contributed by atoms with Gasteiger partial charge in [-0.05, 0) is 31.9 Å². The van der Waals surface area contributed by atoms with Gasteiger partial charge >= 0.3 is 0 Å². The Kier molecular flexibility index (Phi) is 3.07. The van der Waals surface area contributed by atoms with Gasteiger partial charge in [-0.15, -0.1) is 0 Å². The number of hydrogen-bond acceptors (Lipinski definition) is 4. The van der Waals surface area contributed by atoms with E-state index >= 15 is 0 Å². The Hall–Kier alpha value is -1.60. The molecule has 0 spiro atoms. The zero-order valence-corrected chi connectivity index (χ0v) is 9.36. The molecule has 16 heavy (non-hydrogen) atoms. The Morgan fingerprint density at radius 3 is 2.88 bits per heavy atom. The monoisotopic (exact) mass is 217 g/mol. The maximum absolute atomic E-state index is 8.77. The highest BCUT2D eigenvalue weighted by Gasteiger charge is 2.27. The molecule has 0 amide bonds. The molecule has 1 fully saturated rings. The molecule has 0 bridgehead atoms. The van der Waals surface area contributed by atoms with Gasteiger partial charge in [0, 0.05) is 18.8 Å². The summed E-state index contributed by atoms with van der Waals surface area (Å²) in [6.45, 7) is 3.72. The summed E-state index contributed by atoms with van der Waals surface area (Å²) >= 11 is 0. The summed E-state index contributed by atoms with van der Waals surface area (Å²) in [7, 11) is 0. The van der Waals surface area contributed by atoms with Crippen LogP contribution in [0.15, 0.2) is 18.2 Å². The predicted molar refractivity (Wildman–Crippen MR) is 61.0 cm³/mol. The highest BCUT2D eigenvalue weighted by molar-refractivity contribution is 5.40. The van der Waals surface area contributed by atoms with E-state index in [1.807, 2.05) is 18.2 Å². The molecule has 1 aromatic heterocycles. The molecule has 0 unspecified atom stereocenters. The summed E-state index contributed by atoms with van der Waals surface area (Å²) in [5.41, 5.74) is 0.472. The Balaban J connectivity index is 2.10. The van der Waals surface area contributed by atoms with Gasteiger partial charge < -0.3 is 10.1 Å². The number of aromatic nitrogens is 1. The third-order valence-electron chi connectivity index (χ3n) is 2.89. The van der Waals surface area contributed by atoms with Crippen molar-refractivity contribution in [2.24, 2.45) is 0 Å². The normalized spacial score (nSPS) is 18.8. The van der Waals surface area contributed by atoms with Crippen LogP contribution in [0.4, 0.5) is 5.82 Å². The molecule has 1 aliphatic rings. The molecule has 1 aromatic rings. The molecule has 2 heterocycles. The topological polar surface area (TPSA) is 57.9 Å². The fourth-order valence-corrected chi connectivity index (χ4v) is 1.82. The van der Waals surface area contributed by atoms with Crippen LogP contribution in [-0.4, -0.2) is 23.7 Å². The SMILES string of the molecule is CC1(Nc2cccc(C#N)n2)CCOCC1. The van der Waals surface area contributed by atoms with E-state index in [4.69, 9.17) is 10.00 Å². The first kappa shape index (κ1) is 10.9. The molecule has 0 atom stereocenters. The van der Waals surface area contributed by atoms with Crippen molar-refractivity contribution in [3.05, 3.63) is 23.9 Å². The summed E-state index contributed by atoms with van der Waals surface area (Å²) in [4.78, 5) is 4.22. The van der Waals surface area contributed by atoms with Crippen LogP contribution in [0.25, 0.3) is 0 Å². The fraction of sp³-hybridized carbons (Fsp3) is 0.500. The first-order valence-corrected chi connectivity index (χ1v) is 5.45. The Labute approximate surface area is 95.3 Å². The fourth-order valence-electron chi connectivity index (χ4n) is 1.82. The van der Waals surface area contributed by atoms with Crippen molar-refractivity contribution in [1.82, 2.24) is 4.98 Å². The number of nitrogens with zero attached hydrogens (tertiary/aromatic N) is 2. The third-order valence-corrected chi connectivity index (χ3v) is 2.89. The Bertz CT molecular complexity index is 405. The molecule has 1 saturated heterocycles. The number of ether oxygens (including phenoxy) is 1. The number of hydrogen-bond donors (Lipinski definition) is 1. The van der Waals surface area contributed by atoms with Crippen LogP contribution in [-0.2, 0) is 4.74 Å². The van der Waals surface area contributed by atoms with E-state index in [9.17, 15) is 0 Å². The first-order valence-electron chi connectivity index (χ1n) is 5.45. The van der Waals surface area contributed by atoms with Crippen LogP contribution in [0, 0.1) is 11.3 Å². The Morgan fingerprint density at radius 1 is 1.44 bits per heavy atom. The van der Waals surface area contributed by atoms with Crippen molar-refractivity contribution in [1.29, 1.82) is 5.26 Å². The van der Waals surface area contributed by atoms with Crippen molar-refractivity contribution in [3.63, 3.8) is 0 Å². The van der Waals surface area contributed by atoms with Crippen LogP contribution in [0.1, 0.15) is 25.5 Å². The van der Waals surface area contributed by atoms with Gasteiger partial charge in [-0.1, -0.05) is 6.07 Å². The van der Waals surface area contributed by atoms with Crippen LogP contribution in [0.5, 0.6) is 0 Å². The molecule has 2 rings (SSSR count). The van der Waals surface area contributed by atoms with Gasteiger partial charge in [-0.3, -0.25) is 0 Å². The van der Waals surface area contributed by atoms with Crippen LogP contribution >= 0.6 is 0 Å².